The molecule has 0 aliphatic heterocycles. The summed E-state index contributed by atoms with van der Waals surface area (Å²) in [5, 5.41) is 22.4. The third kappa shape index (κ3) is 2.92. The van der Waals surface area contributed by atoms with Gasteiger partial charge in [-0.2, -0.15) is 5.10 Å². The van der Waals surface area contributed by atoms with Crippen LogP contribution in [0.5, 0.6) is 0 Å². The summed E-state index contributed by atoms with van der Waals surface area (Å²) in [6.45, 7) is 1.72. The summed E-state index contributed by atoms with van der Waals surface area (Å²) in [5.41, 5.74) is 4.30. The van der Waals surface area contributed by atoms with Crippen molar-refractivity contribution in [2.24, 2.45) is 5.10 Å². The van der Waals surface area contributed by atoms with E-state index in [2.05, 4.69) is 20.7 Å². The number of nitrogen functional groups attached to an aromatic ring is 1. The number of anilines is 1. The van der Waals surface area contributed by atoms with E-state index in [-0.39, 0.29) is 5.69 Å². The molecule has 0 amide bonds. The predicted molar refractivity (Wildman–Crippen MR) is 88.5 cm³/mol. The van der Waals surface area contributed by atoms with E-state index in [0.29, 0.717) is 11.8 Å². The van der Waals surface area contributed by atoms with Crippen LogP contribution in [0, 0.1) is 17.0 Å². The topological polar surface area (TPSA) is 129 Å². The van der Waals surface area contributed by atoms with E-state index in [9.17, 15) is 10.1 Å². The van der Waals surface area contributed by atoms with Gasteiger partial charge in [-0.3, -0.25) is 10.1 Å². The van der Waals surface area contributed by atoms with Crippen molar-refractivity contribution in [1.82, 2.24) is 19.4 Å². The third-order valence-corrected chi connectivity index (χ3v) is 3.35. The van der Waals surface area contributed by atoms with Crippen LogP contribution in [0.3, 0.4) is 0 Å². The van der Waals surface area contributed by atoms with Crippen LogP contribution < -0.4 is 11.3 Å². The van der Waals surface area contributed by atoms with Gasteiger partial charge in [0.05, 0.1) is 16.8 Å². The molecule has 0 radical (unpaired) electrons. The number of hydrazone groups is 1. The standard InChI is InChI=1S/C14H14N8O2/c1-10-17-19-14(21(10)15)18-16-9-13-3-2-8-20(13)11-4-6-12(7-5-11)22(23)24/h2-9H,15H2,1H3,(H,18,19). The fourth-order valence-electron chi connectivity index (χ4n) is 2.07. The average Bonchev–Trinajstić information content (AvgIpc) is 3.17. The molecule has 0 spiro atoms. The fraction of sp³-hybridized carbons (Fsp3) is 0.0714. The second kappa shape index (κ2) is 6.20. The third-order valence-electron chi connectivity index (χ3n) is 3.35. The van der Waals surface area contributed by atoms with E-state index >= 15 is 0 Å². The smallest absolute Gasteiger partial charge is 0.269 e. The summed E-state index contributed by atoms with van der Waals surface area (Å²) >= 11 is 0. The molecule has 2 aromatic heterocycles. The lowest BCUT2D eigenvalue weighted by Gasteiger charge is -2.06. The molecule has 0 aliphatic carbocycles. The number of non-ortho nitro benzene ring substituents is 1. The van der Waals surface area contributed by atoms with Crippen LogP contribution in [0.1, 0.15) is 11.5 Å². The quantitative estimate of drug-likeness (QED) is 0.316. The molecule has 1 aromatic carbocycles. The molecule has 10 nitrogen and oxygen atoms in total. The van der Waals surface area contributed by atoms with Gasteiger partial charge in [-0.15, -0.1) is 10.2 Å². The summed E-state index contributed by atoms with van der Waals surface area (Å²) in [6.07, 6.45) is 3.42. The van der Waals surface area contributed by atoms with Crippen molar-refractivity contribution in [2.75, 3.05) is 11.3 Å². The number of nitrogens with zero attached hydrogens (tertiary/aromatic N) is 6. The van der Waals surface area contributed by atoms with Gasteiger partial charge in [0.2, 0.25) is 0 Å². The van der Waals surface area contributed by atoms with E-state index in [4.69, 9.17) is 5.84 Å². The van der Waals surface area contributed by atoms with Crippen molar-refractivity contribution in [2.45, 2.75) is 6.92 Å². The monoisotopic (exact) mass is 326 g/mol. The van der Waals surface area contributed by atoms with Crippen LogP contribution in [-0.4, -0.2) is 30.6 Å². The van der Waals surface area contributed by atoms with Gasteiger partial charge in [-0.05, 0) is 31.2 Å². The first-order valence-corrected chi connectivity index (χ1v) is 6.94. The number of aromatic nitrogens is 4. The highest BCUT2D eigenvalue weighted by Gasteiger charge is 2.07. The Labute approximate surface area is 136 Å². The number of aryl methyl sites for hydroxylation is 1. The van der Waals surface area contributed by atoms with Crippen LogP contribution in [0.15, 0.2) is 47.7 Å². The Kier molecular flexibility index (Phi) is 3.93. The molecular weight excluding hydrogens is 312 g/mol. The highest BCUT2D eigenvalue weighted by molar-refractivity contribution is 5.79. The molecule has 10 heteroatoms. The molecule has 0 atom stereocenters. The predicted octanol–water partition coefficient (Wildman–Crippen LogP) is 1.45. The lowest BCUT2D eigenvalue weighted by Crippen LogP contribution is -2.13. The Morgan fingerprint density at radius 1 is 1.29 bits per heavy atom. The van der Waals surface area contributed by atoms with Crippen molar-refractivity contribution in [3.63, 3.8) is 0 Å². The number of benzene rings is 1. The maximum absolute atomic E-state index is 10.7. The normalized spacial score (nSPS) is 11.0. The number of nitrogens with two attached hydrogens (primary N) is 1. The first-order chi connectivity index (χ1) is 11.6. The second-order valence-electron chi connectivity index (χ2n) is 4.89. The molecule has 122 valence electrons. The minimum Gasteiger partial charge on any atom is -0.335 e. The molecule has 0 aliphatic rings. The number of nitro groups is 1. The van der Waals surface area contributed by atoms with Crippen molar-refractivity contribution in [3.8, 4) is 5.69 Å². The maximum atomic E-state index is 10.7. The molecule has 0 unspecified atom stereocenters. The fourth-order valence-corrected chi connectivity index (χ4v) is 2.07. The summed E-state index contributed by atoms with van der Waals surface area (Å²) in [6, 6.07) is 9.94. The maximum Gasteiger partial charge on any atom is 0.269 e. The lowest BCUT2D eigenvalue weighted by atomic mass is 10.3. The number of nitro benzene ring substituents is 1. The Morgan fingerprint density at radius 2 is 2.04 bits per heavy atom. The van der Waals surface area contributed by atoms with Gasteiger partial charge in [0.25, 0.3) is 11.6 Å². The average molecular weight is 326 g/mol. The second-order valence-corrected chi connectivity index (χ2v) is 4.89. The zero-order chi connectivity index (χ0) is 17.1. The highest BCUT2D eigenvalue weighted by Crippen LogP contribution is 2.17. The Hall–Kier alpha value is -3.69. The number of rotatable bonds is 5. The molecule has 0 bridgehead atoms. The van der Waals surface area contributed by atoms with Crippen molar-refractivity contribution in [1.29, 1.82) is 0 Å². The van der Waals surface area contributed by atoms with Crippen LogP contribution in [0.2, 0.25) is 0 Å². The highest BCUT2D eigenvalue weighted by atomic mass is 16.6. The molecule has 3 N–H and O–H groups in total. The van der Waals surface area contributed by atoms with E-state index in [1.165, 1.54) is 16.8 Å². The van der Waals surface area contributed by atoms with Crippen LogP contribution in [0.4, 0.5) is 11.6 Å². The van der Waals surface area contributed by atoms with Gasteiger partial charge in [0.1, 0.15) is 0 Å². The van der Waals surface area contributed by atoms with E-state index in [0.717, 1.165) is 11.4 Å². The van der Waals surface area contributed by atoms with Crippen LogP contribution in [0.25, 0.3) is 5.69 Å². The molecular formula is C14H14N8O2. The summed E-state index contributed by atoms with van der Waals surface area (Å²) in [5.74, 6) is 6.59. The molecule has 0 saturated heterocycles. The molecule has 0 saturated carbocycles. The first kappa shape index (κ1) is 15.2. The SMILES string of the molecule is Cc1nnc(NN=Cc2cccn2-c2ccc([N+](=O)[O-])cc2)n1N. The first-order valence-electron chi connectivity index (χ1n) is 6.94. The minimum absolute atomic E-state index is 0.0421. The zero-order valence-corrected chi connectivity index (χ0v) is 12.7. The molecule has 24 heavy (non-hydrogen) atoms. The summed E-state index contributed by atoms with van der Waals surface area (Å²) in [4.78, 5) is 10.3. The van der Waals surface area contributed by atoms with Gasteiger partial charge < -0.3 is 10.4 Å². The Morgan fingerprint density at radius 3 is 2.67 bits per heavy atom. The summed E-state index contributed by atoms with van der Waals surface area (Å²) in [7, 11) is 0. The van der Waals surface area contributed by atoms with Gasteiger partial charge in [-0.1, -0.05) is 0 Å². The summed E-state index contributed by atoms with van der Waals surface area (Å²) < 4.78 is 3.13. The Bertz CT molecular complexity index is 894. The van der Waals surface area contributed by atoms with Crippen LogP contribution >= 0.6 is 0 Å². The molecule has 3 rings (SSSR count). The number of hydrogen-bond donors (Lipinski definition) is 2. The molecule has 0 fully saturated rings. The van der Waals surface area contributed by atoms with Crippen molar-refractivity contribution >= 4 is 17.9 Å². The largest absolute Gasteiger partial charge is 0.335 e. The van der Waals surface area contributed by atoms with Crippen molar-refractivity contribution < 1.29 is 4.92 Å². The zero-order valence-electron chi connectivity index (χ0n) is 12.7. The number of hydrogen-bond acceptors (Lipinski definition) is 7. The Balaban J connectivity index is 1.78. The van der Waals surface area contributed by atoms with E-state index < -0.39 is 4.92 Å². The van der Waals surface area contributed by atoms with Crippen molar-refractivity contribution in [3.05, 3.63) is 64.2 Å². The van der Waals surface area contributed by atoms with Gasteiger partial charge >= 0.3 is 0 Å². The molecule has 3 aromatic rings. The van der Waals surface area contributed by atoms with Gasteiger partial charge in [0, 0.05) is 24.0 Å². The lowest BCUT2D eigenvalue weighted by molar-refractivity contribution is -0.384. The van der Waals surface area contributed by atoms with Gasteiger partial charge in [-0.25, -0.2) is 10.1 Å². The van der Waals surface area contributed by atoms with E-state index in [1.807, 2.05) is 22.9 Å². The van der Waals surface area contributed by atoms with Crippen LogP contribution in [-0.2, 0) is 0 Å². The number of nitrogens with one attached hydrogen (secondary N) is 1. The molecule has 2 heterocycles. The van der Waals surface area contributed by atoms with Gasteiger partial charge in [0.15, 0.2) is 5.82 Å². The minimum atomic E-state index is -0.434. The van der Waals surface area contributed by atoms with E-state index in [1.54, 1.807) is 25.3 Å².